The molecule has 0 aromatic heterocycles. The van der Waals surface area contributed by atoms with Crippen LogP contribution in [0.15, 0.2) is 24.3 Å². The van der Waals surface area contributed by atoms with Gasteiger partial charge in [0, 0.05) is 20.1 Å². The van der Waals surface area contributed by atoms with Crippen LogP contribution in [0.25, 0.3) is 0 Å². The van der Waals surface area contributed by atoms with E-state index in [-0.39, 0.29) is 6.03 Å². The third-order valence-corrected chi connectivity index (χ3v) is 3.43. The lowest BCUT2D eigenvalue weighted by Crippen LogP contribution is -2.37. The number of benzene rings is 1. The predicted molar refractivity (Wildman–Crippen MR) is 84.8 cm³/mol. The van der Waals surface area contributed by atoms with Gasteiger partial charge in [-0.15, -0.1) is 0 Å². The van der Waals surface area contributed by atoms with Crippen LogP contribution in [0.1, 0.15) is 44.7 Å². The first kappa shape index (κ1) is 16.5. The molecule has 0 atom stereocenters. The molecule has 0 unspecified atom stereocenters. The summed E-state index contributed by atoms with van der Waals surface area (Å²) in [5.74, 6) is 0.696. The molecular formula is C17H28N2O. The van der Waals surface area contributed by atoms with E-state index in [1.54, 1.807) is 4.90 Å². The fraction of sp³-hybridized carbons (Fsp3) is 0.588. The first-order valence-electron chi connectivity index (χ1n) is 7.59. The SMILES string of the molecule is CCc1ccc(CN(C)C(=O)NCCCC(C)C)cc1. The molecule has 1 rings (SSSR count). The first-order valence-corrected chi connectivity index (χ1v) is 7.59. The average Bonchev–Trinajstić information content (AvgIpc) is 2.44. The molecule has 3 nitrogen and oxygen atoms in total. The van der Waals surface area contributed by atoms with Crippen LogP contribution in [0.2, 0.25) is 0 Å². The molecule has 0 aliphatic rings. The molecule has 0 saturated carbocycles. The molecule has 112 valence electrons. The number of hydrogen-bond acceptors (Lipinski definition) is 1. The van der Waals surface area contributed by atoms with Crippen LogP contribution in [0.3, 0.4) is 0 Å². The topological polar surface area (TPSA) is 32.3 Å². The normalized spacial score (nSPS) is 10.7. The van der Waals surface area contributed by atoms with Crippen molar-refractivity contribution in [3.05, 3.63) is 35.4 Å². The van der Waals surface area contributed by atoms with Crippen molar-refractivity contribution in [2.24, 2.45) is 5.92 Å². The van der Waals surface area contributed by atoms with E-state index >= 15 is 0 Å². The summed E-state index contributed by atoms with van der Waals surface area (Å²) in [6.07, 6.45) is 3.25. The highest BCUT2D eigenvalue weighted by Gasteiger charge is 2.08. The average molecular weight is 276 g/mol. The molecule has 0 aliphatic carbocycles. The molecule has 0 fully saturated rings. The van der Waals surface area contributed by atoms with Crippen LogP contribution in [-0.2, 0) is 13.0 Å². The fourth-order valence-corrected chi connectivity index (χ4v) is 2.07. The van der Waals surface area contributed by atoms with Gasteiger partial charge in [0.2, 0.25) is 0 Å². The van der Waals surface area contributed by atoms with Crippen molar-refractivity contribution in [1.82, 2.24) is 10.2 Å². The molecule has 0 saturated heterocycles. The minimum atomic E-state index is 0.00771. The molecule has 1 aromatic carbocycles. The first-order chi connectivity index (χ1) is 9.52. The predicted octanol–water partition coefficient (Wildman–Crippen LogP) is 3.83. The van der Waals surface area contributed by atoms with Crippen LogP contribution >= 0.6 is 0 Å². The Morgan fingerprint density at radius 1 is 1.20 bits per heavy atom. The molecular weight excluding hydrogens is 248 g/mol. The Bertz CT molecular complexity index is 398. The molecule has 1 N–H and O–H groups in total. The zero-order valence-electron chi connectivity index (χ0n) is 13.3. The second-order valence-electron chi connectivity index (χ2n) is 5.79. The Labute approximate surface area is 123 Å². The zero-order valence-corrected chi connectivity index (χ0v) is 13.3. The van der Waals surface area contributed by atoms with Gasteiger partial charge in [-0.25, -0.2) is 4.79 Å². The van der Waals surface area contributed by atoms with E-state index in [1.165, 1.54) is 11.1 Å². The quantitative estimate of drug-likeness (QED) is 0.754. The summed E-state index contributed by atoms with van der Waals surface area (Å²) in [7, 11) is 1.84. The Morgan fingerprint density at radius 3 is 2.35 bits per heavy atom. The van der Waals surface area contributed by atoms with E-state index in [2.05, 4.69) is 50.4 Å². The van der Waals surface area contributed by atoms with Crippen molar-refractivity contribution in [2.75, 3.05) is 13.6 Å². The molecule has 20 heavy (non-hydrogen) atoms. The monoisotopic (exact) mass is 276 g/mol. The molecule has 2 amide bonds. The summed E-state index contributed by atoms with van der Waals surface area (Å²) in [5, 5.41) is 2.97. The lowest BCUT2D eigenvalue weighted by Gasteiger charge is -2.18. The Hall–Kier alpha value is -1.51. The van der Waals surface area contributed by atoms with Gasteiger partial charge in [-0.2, -0.15) is 0 Å². The summed E-state index contributed by atoms with van der Waals surface area (Å²) in [5.41, 5.74) is 2.50. The number of hydrogen-bond donors (Lipinski definition) is 1. The smallest absolute Gasteiger partial charge is 0.317 e. The van der Waals surface area contributed by atoms with Crippen LogP contribution < -0.4 is 5.32 Å². The number of carbonyl (C=O) groups is 1. The lowest BCUT2D eigenvalue weighted by atomic mass is 10.1. The van der Waals surface area contributed by atoms with E-state index in [9.17, 15) is 4.79 Å². The molecule has 0 heterocycles. The Kier molecular flexibility index (Phi) is 7.13. The lowest BCUT2D eigenvalue weighted by molar-refractivity contribution is 0.206. The minimum absolute atomic E-state index is 0.00771. The highest BCUT2D eigenvalue weighted by molar-refractivity contribution is 5.73. The molecule has 0 radical (unpaired) electrons. The van der Waals surface area contributed by atoms with E-state index in [1.807, 2.05) is 7.05 Å². The summed E-state index contributed by atoms with van der Waals surface area (Å²) < 4.78 is 0. The van der Waals surface area contributed by atoms with Gasteiger partial charge in [-0.3, -0.25) is 0 Å². The van der Waals surface area contributed by atoms with E-state index in [0.717, 1.165) is 25.8 Å². The summed E-state index contributed by atoms with van der Waals surface area (Å²) in [6, 6.07) is 8.46. The van der Waals surface area contributed by atoms with Crippen molar-refractivity contribution in [2.45, 2.75) is 46.6 Å². The molecule has 3 heteroatoms. The summed E-state index contributed by atoms with van der Waals surface area (Å²) in [4.78, 5) is 13.7. The van der Waals surface area contributed by atoms with Crippen LogP contribution in [0.5, 0.6) is 0 Å². The van der Waals surface area contributed by atoms with Crippen molar-refractivity contribution >= 4 is 6.03 Å². The van der Waals surface area contributed by atoms with Gasteiger partial charge >= 0.3 is 6.03 Å². The summed E-state index contributed by atoms with van der Waals surface area (Å²) >= 11 is 0. The maximum Gasteiger partial charge on any atom is 0.317 e. The van der Waals surface area contributed by atoms with Crippen molar-refractivity contribution < 1.29 is 4.79 Å². The number of rotatable bonds is 7. The zero-order chi connectivity index (χ0) is 15.0. The van der Waals surface area contributed by atoms with Crippen molar-refractivity contribution in [1.29, 1.82) is 0 Å². The maximum atomic E-state index is 11.9. The number of aryl methyl sites for hydroxylation is 1. The van der Waals surface area contributed by atoms with Crippen LogP contribution in [0, 0.1) is 5.92 Å². The number of amides is 2. The molecule has 0 aliphatic heterocycles. The van der Waals surface area contributed by atoms with Gasteiger partial charge in [0.05, 0.1) is 0 Å². The maximum absolute atomic E-state index is 11.9. The van der Waals surface area contributed by atoms with Crippen molar-refractivity contribution in [3.8, 4) is 0 Å². The largest absolute Gasteiger partial charge is 0.338 e. The van der Waals surface area contributed by atoms with Gasteiger partial charge in [0.1, 0.15) is 0 Å². The highest BCUT2D eigenvalue weighted by Crippen LogP contribution is 2.07. The van der Waals surface area contributed by atoms with Gasteiger partial charge in [0.25, 0.3) is 0 Å². The number of nitrogens with one attached hydrogen (secondary N) is 1. The highest BCUT2D eigenvalue weighted by atomic mass is 16.2. The third kappa shape index (κ3) is 6.09. The number of nitrogens with zero attached hydrogens (tertiary/aromatic N) is 1. The van der Waals surface area contributed by atoms with Crippen molar-refractivity contribution in [3.63, 3.8) is 0 Å². The Balaban J connectivity index is 2.33. The van der Waals surface area contributed by atoms with Gasteiger partial charge in [-0.05, 0) is 36.3 Å². The summed E-state index contributed by atoms with van der Waals surface area (Å²) in [6.45, 7) is 7.96. The Morgan fingerprint density at radius 2 is 1.80 bits per heavy atom. The second-order valence-corrected chi connectivity index (χ2v) is 5.79. The van der Waals surface area contributed by atoms with Crippen LogP contribution in [0.4, 0.5) is 4.79 Å². The van der Waals surface area contributed by atoms with E-state index in [4.69, 9.17) is 0 Å². The van der Waals surface area contributed by atoms with E-state index < -0.39 is 0 Å². The fourth-order valence-electron chi connectivity index (χ4n) is 2.07. The number of carbonyl (C=O) groups excluding carboxylic acids is 1. The second kappa shape index (κ2) is 8.62. The van der Waals surface area contributed by atoms with Crippen LogP contribution in [-0.4, -0.2) is 24.5 Å². The van der Waals surface area contributed by atoms with Gasteiger partial charge < -0.3 is 10.2 Å². The minimum Gasteiger partial charge on any atom is -0.338 e. The third-order valence-electron chi connectivity index (χ3n) is 3.43. The molecule has 0 spiro atoms. The number of urea groups is 1. The van der Waals surface area contributed by atoms with E-state index in [0.29, 0.717) is 12.5 Å². The standard InChI is InChI=1S/C17H28N2O/c1-5-15-8-10-16(11-9-15)13-19(4)17(20)18-12-6-7-14(2)3/h8-11,14H,5-7,12-13H2,1-4H3,(H,18,20). The molecule has 1 aromatic rings. The van der Waals surface area contributed by atoms with Gasteiger partial charge in [-0.1, -0.05) is 45.0 Å². The molecule has 0 bridgehead atoms. The van der Waals surface area contributed by atoms with Gasteiger partial charge in [0.15, 0.2) is 0 Å².